The molecule has 0 saturated heterocycles. The Morgan fingerprint density at radius 3 is 2.76 bits per heavy atom. The van der Waals surface area contributed by atoms with Gasteiger partial charge in [-0.2, -0.15) is 5.26 Å². The van der Waals surface area contributed by atoms with Crippen LogP contribution in [0.3, 0.4) is 0 Å². The predicted molar refractivity (Wildman–Crippen MR) is 65.5 cm³/mol. The van der Waals surface area contributed by atoms with Crippen LogP contribution in [0.15, 0.2) is 18.2 Å². The molecule has 1 atom stereocenters. The van der Waals surface area contributed by atoms with Crippen molar-refractivity contribution < 1.29 is 4.79 Å². The van der Waals surface area contributed by atoms with E-state index in [2.05, 4.69) is 11.4 Å². The number of nitrogens with one attached hydrogen (secondary N) is 1. The fraction of sp³-hybridized carbons (Fsp3) is 0.429. The van der Waals surface area contributed by atoms with E-state index < -0.39 is 0 Å². The number of nitrogens with zero attached hydrogens (tertiary/aromatic N) is 1. The van der Waals surface area contributed by atoms with Crippen molar-refractivity contribution in [3.8, 4) is 6.07 Å². The lowest BCUT2D eigenvalue weighted by Gasteiger charge is -2.12. The summed E-state index contributed by atoms with van der Waals surface area (Å²) < 4.78 is 0. The number of carbonyl (C=O) groups is 1. The molecule has 0 spiro atoms. The monoisotopic (exact) mass is 228 g/mol. The van der Waals surface area contributed by atoms with Gasteiger partial charge in [0.25, 0.3) is 5.91 Å². The Hall–Kier alpha value is -1.82. The lowest BCUT2D eigenvalue weighted by molar-refractivity contribution is 0.0941. The summed E-state index contributed by atoms with van der Waals surface area (Å²) in [6.07, 6.45) is 2.09. The van der Waals surface area contributed by atoms with Crippen molar-refractivity contribution in [3.63, 3.8) is 0 Å². The highest BCUT2D eigenvalue weighted by Crippen LogP contribution is 2.32. The van der Waals surface area contributed by atoms with E-state index in [9.17, 15) is 4.79 Å². The van der Waals surface area contributed by atoms with Crippen LogP contribution in [0.4, 0.5) is 0 Å². The molecule has 1 N–H and O–H groups in total. The van der Waals surface area contributed by atoms with Gasteiger partial charge < -0.3 is 5.32 Å². The van der Waals surface area contributed by atoms with E-state index in [0.29, 0.717) is 11.5 Å². The summed E-state index contributed by atoms with van der Waals surface area (Å²) in [5, 5.41) is 11.8. The van der Waals surface area contributed by atoms with Gasteiger partial charge in [-0.15, -0.1) is 0 Å². The van der Waals surface area contributed by atoms with E-state index in [1.165, 1.54) is 0 Å². The van der Waals surface area contributed by atoms with E-state index in [1.54, 1.807) is 6.07 Å². The van der Waals surface area contributed by atoms with Crippen LogP contribution in [-0.2, 0) is 0 Å². The maximum absolute atomic E-state index is 12.1. The van der Waals surface area contributed by atoms with Crippen LogP contribution in [0.25, 0.3) is 0 Å². The summed E-state index contributed by atoms with van der Waals surface area (Å²) in [5.74, 6) is 0.221. The molecule has 1 aliphatic rings. The molecule has 0 heterocycles. The van der Waals surface area contributed by atoms with Crippen molar-refractivity contribution in [2.45, 2.75) is 32.7 Å². The fourth-order valence-corrected chi connectivity index (χ4v) is 1.90. The molecule has 1 aromatic rings. The van der Waals surface area contributed by atoms with Gasteiger partial charge in [-0.3, -0.25) is 4.79 Å². The van der Waals surface area contributed by atoms with Gasteiger partial charge in [0.15, 0.2) is 0 Å². The maximum Gasteiger partial charge on any atom is 0.252 e. The molecule has 0 aromatic heterocycles. The van der Waals surface area contributed by atoms with E-state index in [-0.39, 0.29) is 11.9 Å². The van der Waals surface area contributed by atoms with Crippen LogP contribution in [0, 0.1) is 31.1 Å². The number of hydrogen-bond acceptors (Lipinski definition) is 2. The number of rotatable bonds is 3. The van der Waals surface area contributed by atoms with Gasteiger partial charge in [0.2, 0.25) is 0 Å². The minimum Gasteiger partial charge on any atom is -0.336 e. The Labute approximate surface area is 101 Å². The summed E-state index contributed by atoms with van der Waals surface area (Å²) in [5.41, 5.74) is 2.75. The van der Waals surface area contributed by atoms with Gasteiger partial charge in [0.05, 0.1) is 6.07 Å². The second-order valence-corrected chi connectivity index (χ2v) is 4.67. The summed E-state index contributed by atoms with van der Waals surface area (Å²) in [7, 11) is 0. The first-order valence-corrected chi connectivity index (χ1v) is 5.90. The lowest BCUT2D eigenvalue weighted by atomic mass is 10.0. The smallest absolute Gasteiger partial charge is 0.252 e. The largest absolute Gasteiger partial charge is 0.336 e. The minimum atomic E-state index is -0.331. The molecule has 3 heteroatoms. The molecule has 1 saturated carbocycles. The zero-order valence-corrected chi connectivity index (χ0v) is 10.2. The third-order valence-corrected chi connectivity index (χ3v) is 3.37. The van der Waals surface area contributed by atoms with E-state index >= 15 is 0 Å². The topological polar surface area (TPSA) is 52.9 Å². The van der Waals surface area contributed by atoms with Crippen LogP contribution in [0.2, 0.25) is 0 Å². The van der Waals surface area contributed by atoms with Crippen LogP contribution in [0.1, 0.15) is 34.3 Å². The summed E-state index contributed by atoms with van der Waals surface area (Å²) in [6, 6.07) is 7.49. The van der Waals surface area contributed by atoms with Crippen LogP contribution < -0.4 is 5.32 Å². The highest BCUT2D eigenvalue weighted by atomic mass is 16.1. The van der Waals surface area contributed by atoms with Gasteiger partial charge >= 0.3 is 0 Å². The Kier molecular flexibility index (Phi) is 3.14. The van der Waals surface area contributed by atoms with Crippen LogP contribution in [-0.4, -0.2) is 11.9 Å². The SMILES string of the molecule is Cc1cccc(C(=O)NC(C#N)C2CC2)c1C. The molecule has 17 heavy (non-hydrogen) atoms. The molecule has 0 aliphatic heterocycles. The number of hydrogen-bond donors (Lipinski definition) is 1. The normalized spacial score (nSPS) is 16.1. The molecule has 0 bridgehead atoms. The van der Waals surface area contributed by atoms with Crippen molar-refractivity contribution in [2.24, 2.45) is 5.92 Å². The second-order valence-electron chi connectivity index (χ2n) is 4.67. The molecule has 0 radical (unpaired) electrons. The van der Waals surface area contributed by atoms with Crippen molar-refractivity contribution in [1.82, 2.24) is 5.32 Å². The second kappa shape index (κ2) is 4.58. The first-order valence-electron chi connectivity index (χ1n) is 5.90. The quantitative estimate of drug-likeness (QED) is 0.863. The summed E-state index contributed by atoms with van der Waals surface area (Å²) in [4.78, 5) is 12.1. The molecule has 1 aromatic carbocycles. The van der Waals surface area contributed by atoms with Crippen molar-refractivity contribution in [1.29, 1.82) is 5.26 Å². The maximum atomic E-state index is 12.1. The van der Waals surface area contributed by atoms with Gasteiger partial charge in [-0.1, -0.05) is 12.1 Å². The van der Waals surface area contributed by atoms with E-state index in [1.807, 2.05) is 26.0 Å². The average Bonchev–Trinajstić information content (AvgIpc) is 3.13. The summed E-state index contributed by atoms with van der Waals surface area (Å²) in [6.45, 7) is 3.91. The van der Waals surface area contributed by atoms with E-state index in [0.717, 1.165) is 24.0 Å². The van der Waals surface area contributed by atoms with Gasteiger partial charge in [0.1, 0.15) is 6.04 Å². The van der Waals surface area contributed by atoms with E-state index in [4.69, 9.17) is 5.26 Å². The third-order valence-electron chi connectivity index (χ3n) is 3.37. The van der Waals surface area contributed by atoms with Crippen molar-refractivity contribution in [2.75, 3.05) is 0 Å². The Balaban J connectivity index is 2.14. The molecule has 1 amide bonds. The lowest BCUT2D eigenvalue weighted by Crippen LogP contribution is -2.35. The molecule has 3 nitrogen and oxygen atoms in total. The Bertz CT molecular complexity index is 483. The Morgan fingerprint density at radius 2 is 2.18 bits per heavy atom. The highest BCUT2D eigenvalue weighted by Gasteiger charge is 2.32. The molecular formula is C14H16N2O. The van der Waals surface area contributed by atoms with Gasteiger partial charge in [-0.25, -0.2) is 0 Å². The standard InChI is InChI=1S/C14H16N2O/c1-9-4-3-5-12(10(9)2)14(17)16-13(8-15)11-6-7-11/h3-5,11,13H,6-7H2,1-2H3,(H,16,17). The molecule has 1 unspecified atom stereocenters. The fourth-order valence-electron chi connectivity index (χ4n) is 1.90. The zero-order chi connectivity index (χ0) is 12.4. The average molecular weight is 228 g/mol. The summed E-state index contributed by atoms with van der Waals surface area (Å²) >= 11 is 0. The molecule has 1 fully saturated rings. The van der Waals surface area contributed by atoms with Gasteiger partial charge in [-0.05, 0) is 49.8 Å². The molecular weight excluding hydrogens is 212 g/mol. The minimum absolute atomic E-state index is 0.135. The molecule has 2 rings (SSSR count). The van der Waals surface area contributed by atoms with Gasteiger partial charge in [0, 0.05) is 5.56 Å². The molecule has 88 valence electrons. The number of amides is 1. The third kappa shape index (κ3) is 2.47. The first-order chi connectivity index (χ1) is 8.13. The first kappa shape index (κ1) is 11.7. The molecule has 1 aliphatic carbocycles. The number of benzene rings is 1. The van der Waals surface area contributed by atoms with Crippen LogP contribution in [0.5, 0.6) is 0 Å². The zero-order valence-electron chi connectivity index (χ0n) is 10.2. The number of aryl methyl sites for hydroxylation is 1. The van der Waals surface area contributed by atoms with Crippen LogP contribution >= 0.6 is 0 Å². The number of carbonyl (C=O) groups excluding carboxylic acids is 1. The van der Waals surface area contributed by atoms with Crippen molar-refractivity contribution in [3.05, 3.63) is 34.9 Å². The number of nitriles is 1. The Morgan fingerprint density at radius 1 is 1.47 bits per heavy atom. The van der Waals surface area contributed by atoms with Crippen molar-refractivity contribution >= 4 is 5.91 Å². The highest BCUT2D eigenvalue weighted by molar-refractivity contribution is 5.96. The predicted octanol–water partition coefficient (Wildman–Crippen LogP) is 2.34.